The van der Waals surface area contributed by atoms with Gasteiger partial charge < -0.3 is 9.88 Å². The van der Waals surface area contributed by atoms with Crippen molar-refractivity contribution in [3.8, 4) is 0 Å². The second-order valence-corrected chi connectivity index (χ2v) is 5.96. The molecule has 0 aliphatic heterocycles. The summed E-state index contributed by atoms with van der Waals surface area (Å²) in [5.74, 6) is 0.984. The highest BCUT2D eigenvalue weighted by Crippen LogP contribution is 2.22. The maximum absolute atomic E-state index is 4.35. The van der Waals surface area contributed by atoms with Gasteiger partial charge in [-0.05, 0) is 55.7 Å². The van der Waals surface area contributed by atoms with Crippen molar-refractivity contribution in [3.05, 3.63) is 78.1 Å². The lowest BCUT2D eigenvalue weighted by molar-refractivity contribution is 0.666. The van der Waals surface area contributed by atoms with E-state index < -0.39 is 0 Å². The highest BCUT2D eigenvalue weighted by Gasteiger charge is 2.13. The first-order chi connectivity index (χ1) is 11.2. The molecule has 3 aromatic rings. The monoisotopic (exact) mass is 306 g/mol. The maximum atomic E-state index is 4.35. The minimum absolute atomic E-state index is 0.399. The highest BCUT2D eigenvalue weighted by molar-refractivity contribution is 5.50. The van der Waals surface area contributed by atoms with Crippen LogP contribution in [0.25, 0.3) is 0 Å². The fraction of sp³-hybridized carbons (Fsp3) is 0.263. The molecule has 0 fully saturated rings. The zero-order valence-corrected chi connectivity index (χ0v) is 13.6. The Balaban J connectivity index is 1.81. The van der Waals surface area contributed by atoms with Gasteiger partial charge >= 0.3 is 0 Å². The van der Waals surface area contributed by atoms with Crippen LogP contribution in [0, 0.1) is 0 Å². The Bertz CT molecular complexity index is 720. The highest BCUT2D eigenvalue weighted by atomic mass is 15.2. The van der Waals surface area contributed by atoms with Gasteiger partial charge in [0.2, 0.25) is 0 Å². The Morgan fingerprint density at radius 3 is 2.57 bits per heavy atom. The summed E-state index contributed by atoms with van der Waals surface area (Å²) in [6, 6.07) is 13.3. The third-order valence-corrected chi connectivity index (χ3v) is 3.90. The number of H-pyrrole nitrogens is 1. The van der Waals surface area contributed by atoms with E-state index in [1.165, 1.54) is 16.8 Å². The van der Waals surface area contributed by atoms with Crippen LogP contribution in [-0.2, 0) is 13.0 Å². The third kappa shape index (κ3) is 3.97. The number of aromatic amines is 1. The van der Waals surface area contributed by atoms with Gasteiger partial charge in [-0.2, -0.15) is 0 Å². The summed E-state index contributed by atoms with van der Waals surface area (Å²) in [7, 11) is 0. The third-order valence-electron chi connectivity index (χ3n) is 3.90. The van der Waals surface area contributed by atoms with E-state index in [-0.39, 0.29) is 0 Å². The molecule has 0 aliphatic rings. The zero-order valence-electron chi connectivity index (χ0n) is 13.6. The van der Waals surface area contributed by atoms with Crippen molar-refractivity contribution in [2.75, 3.05) is 4.90 Å². The number of imidazole rings is 1. The minimum Gasteiger partial charge on any atom is -0.362 e. The van der Waals surface area contributed by atoms with Crippen molar-refractivity contribution < 1.29 is 0 Å². The summed E-state index contributed by atoms with van der Waals surface area (Å²) in [6.07, 6.45) is 8.28. The molecule has 23 heavy (non-hydrogen) atoms. The van der Waals surface area contributed by atoms with Crippen molar-refractivity contribution >= 4 is 5.69 Å². The SMILES string of the molecule is CC(C)N(Cc1ncc[nH]1)c1cccc(Cc2ccncc2)c1. The normalized spacial score (nSPS) is 10.9. The smallest absolute Gasteiger partial charge is 0.125 e. The molecule has 1 aromatic carbocycles. The van der Waals surface area contributed by atoms with E-state index in [0.717, 1.165) is 18.8 Å². The molecule has 4 heteroatoms. The van der Waals surface area contributed by atoms with Gasteiger partial charge in [0.25, 0.3) is 0 Å². The quantitative estimate of drug-likeness (QED) is 0.753. The average molecular weight is 306 g/mol. The van der Waals surface area contributed by atoms with E-state index in [0.29, 0.717) is 6.04 Å². The molecule has 2 heterocycles. The summed E-state index contributed by atoms with van der Waals surface area (Å²) in [5, 5.41) is 0. The molecule has 0 spiro atoms. The van der Waals surface area contributed by atoms with Crippen LogP contribution in [0.4, 0.5) is 5.69 Å². The van der Waals surface area contributed by atoms with E-state index in [4.69, 9.17) is 0 Å². The summed E-state index contributed by atoms with van der Waals surface area (Å²) in [4.78, 5) is 14.0. The molecule has 118 valence electrons. The summed E-state index contributed by atoms with van der Waals surface area (Å²) >= 11 is 0. The Kier molecular flexibility index (Phi) is 4.71. The summed E-state index contributed by atoms with van der Waals surface area (Å²) in [6.45, 7) is 5.19. The van der Waals surface area contributed by atoms with Gasteiger partial charge in [-0.25, -0.2) is 4.98 Å². The average Bonchev–Trinajstić information content (AvgIpc) is 3.07. The van der Waals surface area contributed by atoms with Crippen LogP contribution in [0.15, 0.2) is 61.2 Å². The van der Waals surface area contributed by atoms with Crippen molar-refractivity contribution in [2.24, 2.45) is 0 Å². The molecule has 0 aliphatic carbocycles. The van der Waals surface area contributed by atoms with Crippen LogP contribution in [0.1, 0.15) is 30.8 Å². The first kappa shape index (κ1) is 15.3. The Morgan fingerprint density at radius 1 is 1.04 bits per heavy atom. The Labute approximate surface area is 137 Å². The van der Waals surface area contributed by atoms with Crippen molar-refractivity contribution in [1.82, 2.24) is 15.0 Å². The van der Waals surface area contributed by atoms with Gasteiger partial charge in [0.15, 0.2) is 0 Å². The van der Waals surface area contributed by atoms with E-state index in [1.807, 2.05) is 18.6 Å². The molecule has 0 saturated carbocycles. The Morgan fingerprint density at radius 2 is 1.87 bits per heavy atom. The molecular weight excluding hydrogens is 284 g/mol. The standard InChI is InChI=1S/C19H22N4/c1-15(2)23(14-19-21-10-11-22-19)18-5-3-4-17(13-18)12-16-6-8-20-9-7-16/h3-11,13,15H,12,14H2,1-2H3,(H,21,22). The molecule has 0 unspecified atom stereocenters. The number of nitrogens with zero attached hydrogens (tertiary/aromatic N) is 3. The number of aromatic nitrogens is 3. The molecule has 3 rings (SSSR count). The predicted molar refractivity (Wildman–Crippen MR) is 93.4 cm³/mol. The van der Waals surface area contributed by atoms with Crippen LogP contribution < -0.4 is 4.90 Å². The second-order valence-electron chi connectivity index (χ2n) is 5.96. The number of hydrogen-bond donors (Lipinski definition) is 1. The zero-order chi connectivity index (χ0) is 16.1. The molecule has 0 saturated heterocycles. The van der Waals surface area contributed by atoms with Gasteiger partial charge in [0, 0.05) is 36.5 Å². The first-order valence-corrected chi connectivity index (χ1v) is 7.95. The molecular formula is C19H22N4. The summed E-state index contributed by atoms with van der Waals surface area (Å²) in [5.41, 5.74) is 3.81. The molecule has 1 N–H and O–H groups in total. The largest absolute Gasteiger partial charge is 0.362 e. The van der Waals surface area contributed by atoms with Crippen molar-refractivity contribution in [1.29, 1.82) is 0 Å². The topological polar surface area (TPSA) is 44.8 Å². The lowest BCUT2D eigenvalue weighted by atomic mass is 10.0. The number of benzene rings is 1. The van der Waals surface area contributed by atoms with Gasteiger partial charge in [0.1, 0.15) is 5.82 Å². The van der Waals surface area contributed by atoms with Gasteiger partial charge in [0.05, 0.1) is 6.54 Å². The van der Waals surface area contributed by atoms with Crippen molar-refractivity contribution in [3.63, 3.8) is 0 Å². The molecule has 0 atom stereocenters. The first-order valence-electron chi connectivity index (χ1n) is 7.95. The van der Waals surface area contributed by atoms with Crippen LogP contribution in [0.5, 0.6) is 0 Å². The van der Waals surface area contributed by atoms with Gasteiger partial charge in [-0.1, -0.05) is 12.1 Å². The fourth-order valence-corrected chi connectivity index (χ4v) is 2.70. The number of hydrogen-bond acceptors (Lipinski definition) is 3. The second kappa shape index (κ2) is 7.09. The van der Waals surface area contributed by atoms with Crippen LogP contribution in [0.2, 0.25) is 0 Å². The van der Waals surface area contributed by atoms with E-state index in [9.17, 15) is 0 Å². The lowest BCUT2D eigenvalue weighted by Crippen LogP contribution is -2.30. The number of anilines is 1. The number of pyridine rings is 1. The Hall–Kier alpha value is -2.62. The van der Waals surface area contributed by atoms with Gasteiger partial charge in [-0.15, -0.1) is 0 Å². The van der Waals surface area contributed by atoms with Gasteiger partial charge in [-0.3, -0.25) is 4.98 Å². The summed E-state index contributed by atoms with van der Waals surface area (Å²) < 4.78 is 0. The molecule has 0 amide bonds. The van der Waals surface area contributed by atoms with Crippen LogP contribution in [0.3, 0.4) is 0 Å². The van der Waals surface area contributed by atoms with Crippen LogP contribution in [-0.4, -0.2) is 21.0 Å². The molecule has 0 bridgehead atoms. The molecule has 2 aromatic heterocycles. The van der Waals surface area contributed by atoms with Crippen molar-refractivity contribution in [2.45, 2.75) is 32.9 Å². The molecule has 0 radical (unpaired) electrons. The van der Waals surface area contributed by atoms with E-state index in [2.05, 4.69) is 70.1 Å². The molecule has 4 nitrogen and oxygen atoms in total. The minimum atomic E-state index is 0.399. The van der Waals surface area contributed by atoms with E-state index in [1.54, 1.807) is 6.20 Å². The lowest BCUT2D eigenvalue weighted by Gasteiger charge is -2.28. The fourth-order valence-electron chi connectivity index (χ4n) is 2.70. The van der Waals surface area contributed by atoms with Crippen LogP contribution >= 0.6 is 0 Å². The number of nitrogens with one attached hydrogen (secondary N) is 1. The predicted octanol–water partition coefficient (Wildman–Crippen LogP) is 3.81. The van der Waals surface area contributed by atoms with E-state index >= 15 is 0 Å². The maximum Gasteiger partial charge on any atom is 0.125 e. The number of rotatable bonds is 6.